The van der Waals surface area contributed by atoms with Crippen LogP contribution in [0.1, 0.15) is 16.9 Å². The van der Waals surface area contributed by atoms with E-state index in [0.29, 0.717) is 31.2 Å². The molecule has 7 nitrogen and oxygen atoms in total. The Morgan fingerprint density at radius 1 is 0.967 bits per heavy atom. The molecule has 0 radical (unpaired) electrons. The molecule has 3 aromatic rings. The number of hydrogen-bond donors (Lipinski definition) is 0. The summed E-state index contributed by atoms with van der Waals surface area (Å²) in [6.07, 6.45) is 1.15. The predicted molar refractivity (Wildman–Crippen MR) is 108 cm³/mol. The smallest absolute Gasteiger partial charge is 0.231 e. The van der Waals surface area contributed by atoms with Crippen LogP contribution < -0.4 is 19.1 Å². The molecule has 4 heterocycles. The van der Waals surface area contributed by atoms with Crippen LogP contribution in [0.3, 0.4) is 0 Å². The molecule has 30 heavy (non-hydrogen) atoms. The van der Waals surface area contributed by atoms with E-state index in [0.717, 1.165) is 29.0 Å². The Bertz CT molecular complexity index is 1280. The molecule has 1 unspecified atom stereocenters. The van der Waals surface area contributed by atoms with Crippen molar-refractivity contribution in [2.75, 3.05) is 31.1 Å². The summed E-state index contributed by atoms with van der Waals surface area (Å²) >= 11 is 0. The fourth-order valence-corrected chi connectivity index (χ4v) is 5.24. The maximum atomic E-state index is 11.8. The van der Waals surface area contributed by atoms with Crippen molar-refractivity contribution in [2.45, 2.75) is 17.1 Å². The van der Waals surface area contributed by atoms with Crippen LogP contribution in [0.25, 0.3) is 0 Å². The van der Waals surface area contributed by atoms with Crippen LogP contribution in [0.15, 0.2) is 58.0 Å². The van der Waals surface area contributed by atoms with E-state index >= 15 is 0 Å². The molecule has 1 atom stereocenters. The SMILES string of the molecule is CS(=O)(=O)c1ccc(CN2CC3(COc4cc5c(cc43)OCO5)c3ccccc32)o1. The van der Waals surface area contributed by atoms with Gasteiger partial charge in [0.25, 0.3) is 0 Å². The van der Waals surface area contributed by atoms with Gasteiger partial charge in [-0.1, -0.05) is 18.2 Å². The second kappa shape index (κ2) is 5.95. The Kier molecular flexibility index (Phi) is 3.51. The number of benzene rings is 2. The molecule has 0 amide bonds. The maximum Gasteiger partial charge on any atom is 0.231 e. The largest absolute Gasteiger partial charge is 0.492 e. The third-order valence-corrected chi connectivity index (χ3v) is 6.98. The molecule has 0 saturated carbocycles. The first-order valence-electron chi connectivity index (χ1n) is 9.64. The minimum Gasteiger partial charge on any atom is -0.492 e. The van der Waals surface area contributed by atoms with Crippen molar-refractivity contribution in [3.63, 3.8) is 0 Å². The predicted octanol–water partition coefficient (Wildman–Crippen LogP) is 3.11. The molecule has 6 rings (SSSR count). The lowest BCUT2D eigenvalue weighted by Gasteiger charge is -2.24. The Labute approximate surface area is 173 Å². The fraction of sp³-hybridized carbons (Fsp3) is 0.273. The van der Waals surface area contributed by atoms with Crippen LogP contribution in [-0.2, 0) is 21.8 Å². The molecule has 8 heteroatoms. The van der Waals surface area contributed by atoms with Gasteiger partial charge in [0.15, 0.2) is 11.5 Å². The first-order chi connectivity index (χ1) is 14.4. The molecular weight excluding hydrogens is 406 g/mol. The molecule has 0 fully saturated rings. The molecule has 0 aliphatic carbocycles. The number of furan rings is 1. The number of hydrogen-bond acceptors (Lipinski definition) is 7. The van der Waals surface area contributed by atoms with Crippen LogP contribution in [0.4, 0.5) is 5.69 Å². The number of nitrogens with zero attached hydrogens (tertiary/aromatic N) is 1. The molecular formula is C22H19NO6S. The molecule has 2 aromatic carbocycles. The monoisotopic (exact) mass is 425 g/mol. The molecule has 3 aliphatic heterocycles. The van der Waals surface area contributed by atoms with E-state index in [-0.39, 0.29) is 17.3 Å². The molecule has 0 saturated heterocycles. The highest BCUT2D eigenvalue weighted by atomic mass is 32.2. The Hall–Kier alpha value is -3.13. The first-order valence-corrected chi connectivity index (χ1v) is 11.5. The van der Waals surface area contributed by atoms with Gasteiger partial charge < -0.3 is 23.5 Å². The van der Waals surface area contributed by atoms with Crippen molar-refractivity contribution in [3.05, 3.63) is 65.4 Å². The van der Waals surface area contributed by atoms with Gasteiger partial charge in [0.2, 0.25) is 21.7 Å². The van der Waals surface area contributed by atoms with Crippen molar-refractivity contribution in [2.24, 2.45) is 0 Å². The summed E-state index contributed by atoms with van der Waals surface area (Å²) in [6, 6.07) is 15.4. The fourth-order valence-electron chi connectivity index (χ4n) is 4.67. The van der Waals surface area contributed by atoms with Crippen molar-refractivity contribution in [1.29, 1.82) is 0 Å². The maximum absolute atomic E-state index is 11.8. The van der Waals surface area contributed by atoms with Gasteiger partial charge in [-0.2, -0.15) is 0 Å². The summed E-state index contributed by atoms with van der Waals surface area (Å²) in [7, 11) is -3.38. The van der Waals surface area contributed by atoms with Crippen molar-refractivity contribution >= 4 is 15.5 Å². The quantitative estimate of drug-likeness (QED) is 0.638. The zero-order chi connectivity index (χ0) is 20.5. The molecule has 0 bridgehead atoms. The zero-order valence-electron chi connectivity index (χ0n) is 16.3. The number of rotatable bonds is 3. The second-order valence-corrected chi connectivity index (χ2v) is 9.89. The average Bonchev–Trinajstić information content (AvgIpc) is 3.49. The molecule has 1 aromatic heterocycles. The van der Waals surface area contributed by atoms with Gasteiger partial charge in [0.1, 0.15) is 18.1 Å². The third kappa shape index (κ3) is 2.46. The van der Waals surface area contributed by atoms with Crippen LogP contribution in [0.2, 0.25) is 0 Å². The van der Waals surface area contributed by atoms with E-state index in [1.165, 1.54) is 11.6 Å². The summed E-state index contributed by atoms with van der Waals surface area (Å²) < 4.78 is 46.4. The highest BCUT2D eigenvalue weighted by Gasteiger charge is 2.50. The lowest BCUT2D eigenvalue weighted by Crippen LogP contribution is -2.35. The van der Waals surface area contributed by atoms with Crippen molar-refractivity contribution < 1.29 is 27.0 Å². The number of ether oxygens (including phenoxy) is 3. The summed E-state index contributed by atoms with van der Waals surface area (Å²) in [5.74, 6) is 2.86. The third-order valence-electron chi connectivity index (χ3n) is 6.03. The standard InChI is InChI=1S/C22H19NO6S/c1-30(24,25)21-7-6-14(29-21)10-23-11-22(15-4-2-3-5-17(15)23)12-26-18-9-20-19(8-16(18)22)27-13-28-20/h2-9H,10-13H2,1H3. The molecule has 3 aliphatic rings. The summed E-state index contributed by atoms with van der Waals surface area (Å²) in [4.78, 5) is 2.21. The van der Waals surface area contributed by atoms with E-state index in [1.54, 1.807) is 6.07 Å². The van der Waals surface area contributed by atoms with Crippen LogP contribution in [-0.4, -0.2) is 34.6 Å². The van der Waals surface area contributed by atoms with Gasteiger partial charge in [-0.05, 0) is 29.8 Å². The highest BCUT2D eigenvalue weighted by Crippen LogP contribution is 2.54. The number of fused-ring (bicyclic) bond motifs is 5. The Morgan fingerprint density at radius 3 is 2.57 bits per heavy atom. The van der Waals surface area contributed by atoms with E-state index in [4.69, 9.17) is 18.6 Å². The van der Waals surface area contributed by atoms with Gasteiger partial charge in [-0.3, -0.25) is 0 Å². The summed E-state index contributed by atoms with van der Waals surface area (Å²) in [5, 5.41) is -0.0121. The topological polar surface area (TPSA) is 78.2 Å². The lowest BCUT2D eigenvalue weighted by atomic mass is 9.77. The normalized spacial score (nSPS) is 21.0. The van der Waals surface area contributed by atoms with Gasteiger partial charge in [0, 0.05) is 30.1 Å². The number of anilines is 1. The van der Waals surface area contributed by atoms with E-state index in [2.05, 4.69) is 17.0 Å². The molecule has 1 spiro atoms. The summed E-state index contributed by atoms with van der Waals surface area (Å²) in [5.41, 5.74) is 3.01. The average molecular weight is 425 g/mol. The molecule has 0 N–H and O–H groups in total. The van der Waals surface area contributed by atoms with Crippen LogP contribution in [0, 0.1) is 0 Å². The number of para-hydroxylation sites is 1. The summed E-state index contributed by atoms with van der Waals surface area (Å²) in [6.45, 7) is 1.89. The molecule has 154 valence electrons. The van der Waals surface area contributed by atoms with E-state index < -0.39 is 9.84 Å². The van der Waals surface area contributed by atoms with Gasteiger partial charge in [-0.25, -0.2) is 8.42 Å². The number of sulfone groups is 1. The van der Waals surface area contributed by atoms with Crippen molar-refractivity contribution in [1.82, 2.24) is 0 Å². The van der Waals surface area contributed by atoms with Crippen molar-refractivity contribution in [3.8, 4) is 17.2 Å². The van der Waals surface area contributed by atoms with Gasteiger partial charge in [-0.15, -0.1) is 0 Å². The Morgan fingerprint density at radius 2 is 1.77 bits per heavy atom. The zero-order valence-corrected chi connectivity index (χ0v) is 17.1. The van der Waals surface area contributed by atoms with E-state index in [1.807, 2.05) is 24.3 Å². The highest BCUT2D eigenvalue weighted by molar-refractivity contribution is 7.90. The Balaban J connectivity index is 1.41. The van der Waals surface area contributed by atoms with Crippen LogP contribution >= 0.6 is 0 Å². The minimum atomic E-state index is -3.38. The minimum absolute atomic E-state index is 0.0121. The lowest BCUT2D eigenvalue weighted by molar-refractivity contribution is 0.173. The van der Waals surface area contributed by atoms with Gasteiger partial charge >= 0.3 is 0 Å². The first kappa shape index (κ1) is 17.7. The van der Waals surface area contributed by atoms with Crippen LogP contribution in [0.5, 0.6) is 17.2 Å². The van der Waals surface area contributed by atoms with E-state index in [9.17, 15) is 8.42 Å². The second-order valence-electron chi connectivity index (χ2n) is 7.94. The van der Waals surface area contributed by atoms with Gasteiger partial charge in [0.05, 0.1) is 12.0 Å².